The third kappa shape index (κ3) is 4.84. The van der Waals surface area contributed by atoms with Gasteiger partial charge in [0, 0.05) is 34.0 Å². The van der Waals surface area contributed by atoms with Crippen molar-refractivity contribution in [1.82, 2.24) is 9.88 Å². The fraction of sp³-hybridized carbons (Fsp3) is 0.571. The zero-order chi connectivity index (χ0) is 15.8. The first kappa shape index (κ1) is 17.7. The van der Waals surface area contributed by atoms with Crippen LogP contribution in [0.3, 0.4) is 0 Å². The molecule has 1 amide bonds. The van der Waals surface area contributed by atoms with Crippen molar-refractivity contribution < 1.29 is 14.3 Å². The summed E-state index contributed by atoms with van der Waals surface area (Å²) in [5, 5.41) is 3.22. The number of carbonyl (C=O) groups excluding carboxylic acids is 1. The van der Waals surface area contributed by atoms with Crippen molar-refractivity contribution in [2.24, 2.45) is 0 Å². The topological polar surface area (TPSA) is 63.7 Å². The summed E-state index contributed by atoms with van der Waals surface area (Å²) >= 11 is 6.11. The van der Waals surface area contributed by atoms with Crippen LogP contribution in [-0.2, 0) is 9.47 Å². The zero-order valence-corrected chi connectivity index (χ0v) is 13.6. The molecule has 0 fully saturated rings. The Bertz CT molecular complexity index is 471. The lowest BCUT2D eigenvalue weighted by molar-refractivity contribution is 0.0479. The predicted octanol–water partition coefficient (Wildman–Crippen LogP) is 1.90. The molecule has 1 heterocycles. The molecule has 0 saturated heterocycles. The number of amides is 1. The number of halogens is 1. The molecule has 0 bridgehead atoms. The SMILES string of the molecule is CNc1cc(C(=O)N(CCOC)C(C)COC)c(Cl)cn1. The number of carbonyl (C=O) groups is 1. The molecule has 1 aromatic rings. The largest absolute Gasteiger partial charge is 0.383 e. The highest BCUT2D eigenvalue weighted by molar-refractivity contribution is 6.33. The van der Waals surface area contributed by atoms with Gasteiger partial charge in [0.25, 0.3) is 5.91 Å². The van der Waals surface area contributed by atoms with Crippen LogP contribution in [0.2, 0.25) is 5.02 Å². The highest BCUT2D eigenvalue weighted by atomic mass is 35.5. The van der Waals surface area contributed by atoms with Gasteiger partial charge in [-0.2, -0.15) is 0 Å². The molecule has 0 spiro atoms. The Morgan fingerprint density at radius 2 is 2.19 bits per heavy atom. The fourth-order valence-electron chi connectivity index (χ4n) is 1.94. The highest BCUT2D eigenvalue weighted by Crippen LogP contribution is 2.20. The molecule has 0 aromatic carbocycles. The van der Waals surface area contributed by atoms with E-state index in [1.807, 2.05) is 6.92 Å². The van der Waals surface area contributed by atoms with Crippen LogP contribution in [-0.4, -0.2) is 62.9 Å². The van der Waals surface area contributed by atoms with Crippen molar-refractivity contribution in [1.29, 1.82) is 0 Å². The molecular formula is C14H22ClN3O3. The quantitative estimate of drug-likeness (QED) is 0.794. The number of nitrogens with zero attached hydrogens (tertiary/aromatic N) is 2. The van der Waals surface area contributed by atoms with Crippen LogP contribution >= 0.6 is 11.6 Å². The smallest absolute Gasteiger partial charge is 0.255 e. The Morgan fingerprint density at radius 1 is 1.48 bits per heavy atom. The van der Waals surface area contributed by atoms with Gasteiger partial charge in [0.2, 0.25) is 0 Å². The van der Waals surface area contributed by atoms with E-state index in [0.717, 1.165) is 0 Å². The van der Waals surface area contributed by atoms with Crippen LogP contribution in [0, 0.1) is 0 Å². The van der Waals surface area contributed by atoms with Crippen LogP contribution in [0.1, 0.15) is 17.3 Å². The van der Waals surface area contributed by atoms with E-state index in [2.05, 4.69) is 10.3 Å². The molecule has 0 aliphatic rings. The van der Waals surface area contributed by atoms with E-state index in [0.29, 0.717) is 36.2 Å². The Morgan fingerprint density at radius 3 is 2.76 bits per heavy atom. The molecule has 1 atom stereocenters. The molecule has 1 rings (SSSR count). The third-order valence-corrected chi connectivity index (χ3v) is 3.38. The molecule has 1 unspecified atom stereocenters. The first-order chi connectivity index (χ1) is 10.0. The Labute approximate surface area is 130 Å². The summed E-state index contributed by atoms with van der Waals surface area (Å²) in [6, 6.07) is 1.56. The van der Waals surface area contributed by atoms with Gasteiger partial charge in [-0.3, -0.25) is 4.79 Å². The summed E-state index contributed by atoms with van der Waals surface area (Å²) < 4.78 is 10.2. The molecule has 0 radical (unpaired) electrons. The lowest BCUT2D eigenvalue weighted by atomic mass is 10.2. The summed E-state index contributed by atoms with van der Waals surface area (Å²) in [7, 11) is 4.94. The van der Waals surface area contributed by atoms with Crippen LogP contribution in [0.4, 0.5) is 5.82 Å². The first-order valence-electron chi connectivity index (χ1n) is 6.67. The maximum atomic E-state index is 12.7. The number of methoxy groups -OCH3 is 2. The van der Waals surface area contributed by atoms with Gasteiger partial charge >= 0.3 is 0 Å². The van der Waals surface area contributed by atoms with Crippen LogP contribution in [0.15, 0.2) is 12.3 Å². The minimum atomic E-state index is -0.166. The van der Waals surface area contributed by atoms with E-state index >= 15 is 0 Å². The monoisotopic (exact) mass is 315 g/mol. The van der Waals surface area contributed by atoms with Crippen molar-refractivity contribution in [3.05, 3.63) is 22.8 Å². The number of anilines is 1. The summed E-state index contributed by atoms with van der Waals surface area (Å²) in [5.74, 6) is 0.425. The molecule has 118 valence electrons. The van der Waals surface area contributed by atoms with Gasteiger partial charge in [-0.25, -0.2) is 4.98 Å². The van der Waals surface area contributed by atoms with Crippen LogP contribution < -0.4 is 5.32 Å². The number of pyridine rings is 1. The van der Waals surface area contributed by atoms with E-state index < -0.39 is 0 Å². The number of nitrogens with one attached hydrogen (secondary N) is 1. The first-order valence-corrected chi connectivity index (χ1v) is 7.05. The van der Waals surface area contributed by atoms with Gasteiger partial charge in [-0.05, 0) is 13.0 Å². The summed E-state index contributed by atoms with van der Waals surface area (Å²) in [4.78, 5) is 18.5. The van der Waals surface area contributed by atoms with Crippen molar-refractivity contribution in [3.63, 3.8) is 0 Å². The van der Waals surface area contributed by atoms with E-state index in [-0.39, 0.29) is 11.9 Å². The molecule has 1 aromatic heterocycles. The van der Waals surface area contributed by atoms with Gasteiger partial charge in [0.15, 0.2) is 0 Å². The Balaban J connectivity index is 3.03. The zero-order valence-electron chi connectivity index (χ0n) is 12.9. The Kier molecular flexibility index (Phi) is 7.42. The van der Waals surface area contributed by atoms with E-state index in [1.165, 1.54) is 6.20 Å². The number of rotatable bonds is 8. The normalized spacial score (nSPS) is 12.0. The maximum absolute atomic E-state index is 12.7. The summed E-state index contributed by atoms with van der Waals surface area (Å²) in [6.45, 7) is 3.27. The number of hydrogen-bond donors (Lipinski definition) is 1. The van der Waals surface area contributed by atoms with Gasteiger partial charge < -0.3 is 19.7 Å². The average molecular weight is 316 g/mol. The van der Waals surface area contributed by atoms with Gasteiger partial charge in [-0.15, -0.1) is 0 Å². The fourth-order valence-corrected chi connectivity index (χ4v) is 2.12. The Hall–Kier alpha value is -1.37. The second-order valence-corrected chi connectivity index (χ2v) is 5.00. The second-order valence-electron chi connectivity index (χ2n) is 4.60. The molecule has 6 nitrogen and oxygen atoms in total. The minimum Gasteiger partial charge on any atom is -0.383 e. The third-order valence-electron chi connectivity index (χ3n) is 3.08. The minimum absolute atomic E-state index is 0.0834. The number of aromatic nitrogens is 1. The molecule has 0 aliphatic carbocycles. The second kappa shape index (κ2) is 8.81. The van der Waals surface area contributed by atoms with Crippen molar-refractivity contribution in [3.8, 4) is 0 Å². The van der Waals surface area contributed by atoms with Gasteiger partial charge in [0.1, 0.15) is 5.82 Å². The average Bonchev–Trinajstić information content (AvgIpc) is 2.48. The van der Waals surface area contributed by atoms with Crippen molar-refractivity contribution >= 4 is 23.3 Å². The molecule has 7 heteroatoms. The lowest BCUT2D eigenvalue weighted by Crippen LogP contribution is -2.43. The van der Waals surface area contributed by atoms with Crippen LogP contribution in [0.25, 0.3) is 0 Å². The van der Waals surface area contributed by atoms with E-state index in [4.69, 9.17) is 21.1 Å². The number of ether oxygens (including phenoxy) is 2. The van der Waals surface area contributed by atoms with E-state index in [9.17, 15) is 4.79 Å². The summed E-state index contributed by atoms with van der Waals surface area (Å²) in [6.07, 6.45) is 1.47. The lowest BCUT2D eigenvalue weighted by Gasteiger charge is -2.29. The standard InChI is InChI=1S/C14H22ClN3O3/c1-10(9-21-4)18(5-6-20-3)14(19)11-7-13(16-2)17-8-12(11)15/h7-8,10H,5-6,9H2,1-4H3,(H,16,17). The van der Waals surface area contributed by atoms with Crippen molar-refractivity contribution in [2.45, 2.75) is 13.0 Å². The van der Waals surface area contributed by atoms with Gasteiger partial charge in [-0.1, -0.05) is 11.6 Å². The number of hydrogen-bond acceptors (Lipinski definition) is 5. The van der Waals surface area contributed by atoms with Crippen molar-refractivity contribution in [2.75, 3.05) is 46.3 Å². The summed E-state index contributed by atoms with van der Waals surface area (Å²) in [5.41, 5.74) is 0.412. The molecule has 0 saturated carbocycles. The van der Waals surface area contributed by atoms with E-state index in [1.54, 1.807) is 32.2 Å². The highest BCUT2D eigenvalue weighted by Gasteiger charge is 2.23. The van der Waals surface area contributed by atoms with Crippen LogP contribution in [0.5, 0.6) is 0 Å². The molecule has 1 N–H and O–H groups in total. The molecular weight excluding hydrogens is 294 g/mol. The maximum Gasteiger partial charge on any atom is 0.255 e. The molecule has 0 aliphatic heterocycles. The van der Waals surface area contributed by atoms with Gasteiger partial charge in [0.05, 0.1) is 29.8 Å². The predicted molar refractivity (Wildman–Crippen MR) is 83.0 cm³/mol. The molecule has 21 heavy (non-hydrogen) atoms.